The molecule has 3 fully saturated rings. The van der Waals surface area contributed by atoms with Crippen LogP contribution in [0.3, 0.4) is 0 Å². The van der Waals surface area contributed by atoms with E-state index in [9.17, 15) is 9.59 Å². The summed E-state index contributed by atoms with van der Waals surface area (Å²) in [5.74, 6) is 0.809. The standard InChI is InChI=1S/C27H32N6O2/c1-15-13-28-16(2)23(15)21-10-7-19(14-29-21)31-27(35)25(24(17-3-4-17)18-5-6-18)32-26(34)22-11-12-30-33(22)20-8-9-20/h7,10-14,17-18,20,24-25,28H,3-6,8-9H2,1-2H3,(H,31,35)(H,32,34)/t25-/m0/s1. The fraction of sp³-hybridized carbons (Fsp3) is 0.481. The minimum Gasteiger partial charge on any atom is -0.364 e. The average Bonchev–Trinajstić information content (AvgIpc) is 3.74. The van der Waals surface area contributed by atoms with Crippen LogP contribution in [-0.4, -0.2) is 37.6 Å². The third-order valence-corrected chi connectivity index (χ3v) is 7.64. The van der Waals surface area contributed by atoms with Crippen LogP contribution in [0.25, 0.3) is 11.3 Å². The Morgan fingerprint density at radius 2 is 1.80 bits per heavy atom. The number of hydrogen-bond donors (Lipinski definition) is 3. The lowest BCUT2D eigenvalue weighted by molar-refractivity contribution is -0.119. The molecule has 0 aliphatic heterocycles. The van der Waals surface area contributed by atoms with Crippen molar-refractivity contribution in [2.45, 2.75) is 64.5 Å². The van der Waals surface area contributed by atoms with Gasteiger partial charge in [-0.05, 0) is 93.9 Å². The second-order valence-corrected chi connectivity index (χ2v) is 10.5. The minimum atomic E-state index is -0.570. The zero-order chi connectivity index (χ0) is 24.1. The highest BCUT2D eigenvalue weighted by Crippen LogP contribution is 2.51. The summed E-state index contributed by atoms with van der Waals surface area (Å²) in [6, 6.07) is 5.30. The Hall–Kier alpha value is -3.42. The molecular formula is C27H32N6O2. The Morgan fingerprint density at radius 1 is 1.06 bits per heavy atom. The number of hydrogen-bond acceptors (Lipinski definition) is 4. The first-order valence-electron chi connectivity index (χ1n) is 12.8. The summed E-state index contributed by atoms with van der Waals surface area (Å²) in [5, 5.41) is 10.5. The van der Waals surface area contributed by atoms with Crippen molar-refractivity contribution in [2.24, 2.45) is 17.8 Å². The van der Waals surface area contributed by atoms with Gasteiger partial charge in [-0.15, -0.1) is 0 Å². The maximum absolute atomic E-state index is 13.6. The monoisotopic (exact) mass is 472 g/mol. The summed E-state index contributed by atoms with van der Waals surface area (Å²) in [7, 11) is 0. The molecule has 3 saturated carbocycles. The Balaban J connectivity index is 1.22. The van der Waals surface area contributed by atoms with E-state index >= 15 is 0 Å². The first kappa shape index (κ1) is 22.1. The van der Waals surface area contributed by atoms with Crippen LogP contribution in [-0.2, 0) is 4.79 Å². The van der Waals surface area contributed by atoms with E-state index in [1.54, 1.807) is 23.1 Å². The van der Waals surface area contributed by atoms with Gasteiger partial charge in [-0.2, -0.15) is 5.10 Å². The van der Waals surface area contributed by atoms with Crippen molar-refractivity contribution >= 4 is 17.5 Å². The molecule has 3 heterocycles. The number of amides is 2. The van der Waals surface area contributed by atoms with Gasteiger partial charge in [0.05, 0.1) is 23.6 Å². The van der Waals surface area contributed by atoms with Crippen LogP contribution >= 0.6 is 0 Å². The Kier molecular flexibility index (Phi) is 5.46. The largest absolute Gasteiger partial charge is 0.364 e. The normalized spacial score (nSPS) is 18.5. The van der Waals surface area contributed by atoms with E-state index in [2.05, 4.69) is 32.6 Å². The van der Waals surface area contributed by atoms with Crippen molar-refractivity contribution in [1.82, 2.24) is 25.1 Å². The van der Waals surface area contributed by atoms with Gasteiger partial charge in [0.1, 0.15) is 11.7 Å². The van der Waals surface area contributed by atoms with E-state index in [-0.39, 0.29) is 17.7 Å². The predicted octanol–water partition coefficient (Wildman–Crippen LogP) is 4.40. The van der Waals surface area contributed by atoms with E-state index in [1.165, 1.54) is 0 Å². The van der Waals surface area contributed by atoms with Crippen LogP contribution in [0, 0.1) is 31.6 Å². The van der Waals surface area contributed by atoms with E-state index in [0.29, 0.717) is 29.3 Å². The lowest BCUT2D eigenvalue weighted by Gasteiger charge is -2.27. The first-order valence-corrected chi connectivity index (χ1v) is 12.8. The van der Waals surface area contributed by atoms with Gasteiger partial charge in [-0.25, -0.2) is 0 Å². The van der Waals surface area contributed by atoms with Gasteiger partial charge in [0.2, 0.25) is 5.91 Å². The molecule has 0 bridgehead atoms. The van der Waals surface area contributed by atoms with E-state index in [4.69, 9.17) is 0 Å². The molecule has 3 N–H and O–H groups in total. The van der Waals surface area contributed by atoms with E-state index < -0.39 is 6.04 Å². The molecule has 1 atom stereocenters. The van der Waals surface area contributed by atoms with Crippen molar-refractivity contribution < 1.29 is 9.59 Å². The highest BCUT2D eigenvalue weighted by atomic mass is 16.2. The molecule has 0 radical (unpaired) electrons. The van der Waals surface area contributed by atoms with Gasteiger partial charge < -0.3 is 15.6 Å². The van der Waals surface area contributed by atoms with Crippen molar-refractivity contribution in [2.75, 3.05) is 5.32 Å². The third kappa shape index (κ3) is 4.49. The molecule has 0 spiro atoms. The molecule has 0 unspecified atom stereocenters. The summed E-state index contributed by atoms with van der Waals surface area (Å²) in [6.07, 6.45) is 12.0. The smallest absolute Gasteiger partial charge is 0.270 e. The van der Waals surface area contributed by atoms with Crippen LogP contribution in [0.4, 0.5) is 5.69 Å². The molecular weight excluding hydrogens is 440 g/mol. The summed E-state index contributed by atoms with van der Waals surface area (Å²) < 4.78 is 1.81. The molecule has 8 nitrogen and oxygen atoms in total. The topological polar surface area (TPSA) is 105 Å². The summed E-state index contributed by atoms with van der Waals surface area (Å²) in [4.78, 5) is 34.7. The molecule has 6 rings (SSSR count). The van der Waals surface area contributed by atoms with Gasteiger partial charge in [0.15, 0.2) is 0 Å². The maximum Gasteiger partial charge on any atom is 0.270 e. The molecule has 0 saturated heterocycles. The number of anilines is 1. The molecule has 2 amide bonds. The van der Waals surface area contributed by atoms with Crippen molar-refractivity contribution in [3.05, 3.63) is 53.7 Å². The van der Waals surface area contributed by atoms with Crippen LogP contribution in [0.15, 0.2) is 36.8 Å². The van der Waals surface area contributed by atoms with Crippen molar-refractivity contribution in [1.29, 1.82) is 0 Å². The molecule has 3 aromatic rings. The Morgan fingerprint density at radius 3 is 2.37 bits per heavy atom. The van der Waals surface area contributed by atoms with Gasteiger partial charge in [-0.1, -0.05) is 0 Å². The minimum absolute atomic E-state index is 0.164. The van der Waals surface area contributed by atoms with Crippen LogP contribution in [0.5, 0.6) is 0 Å². The maximum atomic E-state index is 13.6. The van der Waals surface area contributed by atoms with Gasteiger partial charge in [0.25, 0.3) is 5.91 Å². The second-order valence-electron chi connectivity index (χ2n) is 10.5. The molecule has 3 aliphatic carbocycles. The number of aromatic nitrogens is 4. The average molecular weight is 473 g/mol. The SMILES string of the molecule is Cc1c[nH]c(C)c1-c1ccc(NC(=O)[C@@H](NC(=O)c2ccnn2C2CC2)C(C2CC2)C2CC2)cn1. The number of nitrogens with zero attached hydrogens (tertiary/aromatic N) is 3. The van der Waals surface area contributed by atoms with E-state index in [0.717, 1.165) is 61.0 Å². The van der Waals surface area contributed by atoms with Crippen LogP contribution in [0.2, 0.25) is 0 Å². The Bertz CT molecular complexity index is 1220. The van der Waals surface area contributed by atoms with Gasteiger partial charge in [-0.3, -0.25) is 19.3 Å². The summed E-state index contributed by atoms with van der Waals surface area (Å²) >= 11 is 0. The number of carbonyl (C=O) groups excluding carboxylic acids is 2. The Labute approximate surface area is 204 Å². The number of nitrogens with one attached hydrogen (secondary N) is 3. The number of pyridine rings is 1. The molecule has 3 aliphatic rings. The number of H-pyrrole nitrogens is 1. The van der Waals surface area contributed by atoms with Crippen LogP contribution in [0.1, 0.15) is 66.3 Å². The fourth-order valence-electron chi connectivity index (χ4n) is 5.43. The summed E-state index contributed by atoms with van der Waals surface area (Å²) in [6.45, 7) is 4.08. The van der Waals surface area contributed by atoms with E-state index in [1.807, 2.05) is 25.3 Å². The number of aryl methyl sites for hydroxylation is 2. The number of rotatable bonds is 9. The zero-order valence-corrected chi connectivity index (χ0v) is 20.3. The molecule has 0 aromatic carbocycles. The second kappa shape index (κ2) is 8.66. The lowest BCUT2D eigenvalue weighted by atomic mass is 9.88. The molecule has 35 heavy (non-hydrogen) atoms. The number of carbonyl (C=O) groups is 2. The lowest BCUT2D eigenvalue weighted by Crippen LogP contribution is -2.50. The highest BCUT2D eigenvalue weighted by Gasteiger charge is 2.48. The third-order valence-electron chi connectivity index (χ3n) is 7.64. The fourth-order valence-corrected chi connectivity index (χ4v) is 5.43. The molecule has 182 valence electrons. The summed E-state index contributed by atoms with van der Waals surface area (Å²) in [5.41, 5.74) is 5.33. The van der Waals surface area contributed by atoms with Crippen LogP contribution < -0.4 is 10.6 Å². The first-order chi connectivity index (χ1) is 17.0. The van der Waals surface area contributed by atoms with Crippen molar-refractivity contribution in [3.8, 4) is 11.3 Å². The predicted molar refractivity (Wildman–Crippen MR) is 133 cm³/mol. The van der Waals surface area contributed by atoms with Gasteiger partial charge in [0, 0.05) is 23.7 Å². The number of aromatic amines is 1. The quantitative estimate of drug-likeness (QED) is 0.429. The zero-order valence-electron chi connectivity index (χ0n) is 20.3. The molecule has 3 aromatic heterocycles. The van der Waals surface area contributed by atoms with Gasteiger partial charge >= 0.3 is 0 Å². The van der Waals surface area contributed by atoms with Crippen molar-refractivity contribution in [3.63, 3.8) is 0 Å². The molecule has 8 heteroatoms. The highest BCUT2D eigenvalue weighted by molar-refractivity contribution is 6.00.